The molecule has 0 saturated carbocycles. The molecule has 4 nitrogen and oxygen atoms in total. The highest BCUT2D eigenvalue weighted by molar-refractivity contribution is 4.88. The van der Waals surface area contributed by atoms with Crippen LogP contribution in [-0.2, 0) is 6.42 Å². The summed E-state index contributed by atoms with van der Waals surface area (Å²) in [5.74, 6) is 1.50. The quantitative estimate of drug-likeness (QED) is 0.647. The van der Waals surface area contributed by atoms with Crippen molar-refractivity contribution in [3.8, 4) is 0 Å². The minimum absolute atomic E-state index is 0.159. The van der Waals surface area contributed by atoms with Gasteiger partial charge in [0.05, 0.1) is 6.04 Å². The van der Waals surface area contributed by atoms with Crippen LogP contribution in [0.2, 0.25) is 0 Å². The molecule has 0 radical (unpaired) electrons. The fraction of sp³-hybridized carbons (Fsp3) is 0.857. The van der Waals surface area contributed by atoms with E-state index in [-0.39, 0.29) is 6.04 Å². The zero-order valence-electron chi connectivity index (χ0n) is 12.0. The summed E-state index contributed by atoms with van der Waals surface area (Å²) in [5, 5.41) is 11.6. The first-order valence-corrected chi connectivity index (χ1v) is 7.33. The van der Waals surface area contributed by atoms with Crippen molar-refractivity contribution in [2.45, 2.75) is 71.8 Å². The largest absolute Gasteiger partial charge is 0.424 e. The maximum Gasteiger partial charge on any atom is 0.233 e. The molecule has 1 heterocycles. The van der Waals surface area contributed by atoms with E-state index in [1.165, 1.54) is 25.7 Å². The normalized spacial score (nSPS) is 12.8. The lowest BCUT2D eigenvalue weighted by Crippen LogP contribution is -2.19. The Labute approximate surface area is 111 Å². The summed E-state index contributed by atoms with van der Waals surface area (Å²) < 4.78 is 5.66. The first-order valence-electron chi connectivity index (χ1n) is 7.33. The van der Waals surface area contributed by atoms with Crippen LogP contribution >= 0.6 is 0 Å². The Bertz CT molecular complexity index is 312. The molecule has 104 valence electrons. The van der Waals surface area contributed by atoms with E-state index in [0.29, 0.717) is 5.89 Å². The number of hydrogen-bond acceptors (Lipinski definition) is 4. The van der Waals surface area contributed by atoms with Gasteiger partial charge in [0.1, 0.15) is 0 Å². The van der Waals surface area contributed by atoms with Crippen LogP contribution in [0.15, 0.2) is 4.42 Å². The average molecular weight is 253 g/mol. The zero-order chi connectivity index (χ0) is 13.2. The van der Waals surface area contributed by atoms with Crippen LogP contribution in [0.5, 0.6) is 0 Å². The highest BCUT2D eigenvalue weighted by atomic mass is 16.4. The van der Waals surface area contributed by atoms with E-state index in [0.717, 1.165) is 31.7 Å². The molecular weight excluding hydrogens is 226 g/mol. The molecule has 1 unspecified atom stereocenters. The summed E-state index contributed by atoms with van der Waals surface area (Å²) in [6, 6.07) is 0.159. The predicted molar refractivity (Wildman–Crippen MR) is 73.5 cm³/mol. The number of hydrogen-bond donors (Lipinski definition) is 1. The number of aromatic nitrogens is 2. The van der Waals surface area contributed by atoms with Crippen LogP contribution in [0.1, 0.15) is 77.1 Å². The van der Waals surface area contributed by atoms with Crippen molar-refractivity contribution in [2.75, 3.05) is 6.54 Å². The Morgan fingerprint density at radius 2 is 1.83 bits per heavy atom. The van der Waals surface area contributed by atoms with Crippen LogP contribution in [0.4, 0.5) is 0 Å². The SMILES string of the molecule is CCCCCCCc1nnc(C(C)NCCC)o1. The van der Waals surface area contributed by atoms with Crippen molar-refractivity contribution in [3.63, 3.8) is 0 Å². The molecule has 1 rings (SSSR count). The molecule has 1 aromatic rings. The Hall–Kier alpha value is -0.900. The van der Waals surface area contributed by atoms with E-state index < -0.39 is 0 Å². The van der Waals surface area contributed by atoms with Gasteiger partial charge in [0, 0.05) is 6.42 Å². The number of unbranched alkanes of at least 4 members (excludes halogenated alkanes) is 4. The third-order valence-corrected chi connectivity index (χ3v) is 3.05. The van der Waals surface area contributed by atoms with Gasteiger partial charge in [-0.3, -0.25) is 0 Å². The smallest absolute Gasteiger partial charge is 0.233 e. The first-order chi connectivity index (χ1) is 8.77. The van der Waals surface area contributed by atoms with E-state index in [1.807, 2.05) is 0 Å². The molecule has 0 saturated heterocycles. The Morgan fingerprint density at radius 3 is 2.56 bits per heavy atom. The van der Waals surface area contributed by atoms with Gasteiger partial charge in [0.2, 0.25) is 11.8 Å². The Kier molecular flexibility index (Phi) is 7.65. The van der Waals surface area contributed by atoms with Crippen molar-refractivity contribution in [1.29, 1.82) is 0 Å². The summed E-state index contributed by atoms with van der Waals surface area (Å²) in [4.78, 5) is 0. The molecule has 1 N–H and O–H groups in total. The summed E-state index contributed by atoms with van der Waals surface area (Å²) in [6.45, 7) is 7.42. The lowest BCUT2D eigenvalue weighted by molar-refractivity contribution is 0.389. The van der Waals surface area contributed by atoms with E-state index >= 15 is 0 Å². The molecule has 0 amide bonds. The first kappa shape index (κ1) is 15.2. The molecule has 1 atom stereocenters. The van der Waals surface area contributed by atoms with Crippen molar-refractivity contribution < 1.29 is 4.42 Å². The van der Waals surface area contributed by atoms with Gasteiger partial charge < -0.3 is 9.73 Å². The average Bonchev–Trinajstić information content (AvgIpc) is 2.84. The lowest BCUT2D eigenvalue weighted by atomic mass is 10.1. The summed E-state index contributed by atoms with van der Waals surface area (Å²) >= 11 is 0. The van der Waals surface area contributed by atoms with Crippen molar-refractivity contribution in [2.24, 2.45) is 0 Å². The van der Waals surface area contributed by atoms with Gasteiger partial charge in [-0.2, -0.15) is 0 Å². The molecule has 0 aliphatic rings. The Morgan fingerprint density at radius 1 is 1.06 bits per heavy atom. The molecule has 1 aromatic heterocycles. The van der Waals surface area contributed by atoms with Gasteiger partial charge in [0.25, 0.3) is 0 Å². The van der Waals surface area contributed by atoms with Gasteiger partial charge in [-0.25, -0.2) is 0 Å². The number of nitrogens with one attached hydrogen (secondary N) is 1. The van der Waals surface area contributed by atoms with E-state index in [4.69, 9.17) is 4.42 Å². The maximum atomic E-state index is 5.66. The van der Waals surface area contributed by atoms with E-state index in [2.05, 4.69) is 36.3 Å². The molecule has 4 heteroatoms. The second-order valence-electron chi connectivity index (χ2n) is 4.87. The van der Waals surface area contributed by atoms with E-state index in [9.17, 15) is 0 Å². The highest BCUT2D eigenvalue weighted by Crippen LogP contribution is 2.13. The highest BCUT2D eigenvalue weighted by Gasteiger charge is 2.12. The standard InChI is InChI=1S/C14H27N3O/c1-4-6-7-8-9-10-13-16-17-14(18-13)12(3)15-11-5-2/h12,15H,4-11H2,1-3H3. The van der Waals surface area contributed by atoms with Gasteiger partial charge in [-0.1, -0.05) is 39.5 Å². The molecule has 18 heavy (non-hydrogen) atoms. The van der Waals surface area contributed by atoms with Gasteiger partial charge in [-0.05, 0) is 26.3 Å². The molecule has 0 bridgehead atoms. The molecule has 0 aliphatic carbocycles. The monoisotopic (exact) mass is 253 g/mol. The molecule has 0 aliphatic heterocycles. The van der Waals surface area contributed by atoms with Crippen molar-refractivity contribution in [1.82, 2.24) is 15.5 Å². The van der Waals surface area contributed by atoms with Crippen molar-refractivity contribution in [3.05, 3.63) is 11.8 Å². The van der Waals surface area contributed by atoms with Crippen LogP contribution in [0.3, 0.4) is 0 Å². The molecule has 0 fully saturated rings. The van der Waals surface area contributed by atoms with Crippen molar-refractivity contribution >= 4 is 0 Å². The number of rotatable bonds is 10. The second kappa shape index (κ2) is 9.09. The van der Waals surface area contributed by atoms with Gasteiger partial charge >= 0.3 is 0 Å². The fourth-order valence-electron chi connectivity index (χ4n) is 1.87. The minimum atomic E-state index is 0.159. The van der Waals surface area contributed by atoms with Gasteiger partial charge in [0.15, 0.2) is 0 Å². The summed E-state index contributed by atoms with van der Waals surface area (Å²) in [6.07, 6.45) is 8.36. The molecular formula is C14H27N3O. The topological polar surface area (TPSA) is 51.0 Å². The third kappa shape index (κ3) is 5.63. The summed E-state index contributed by atoms with van der Waals surface area (Å²) in [5.41, 5.74) is 0. The molecule has 0 spiro atoms. The fourth-order valence-corrected chi connectivity index (χ4v) is 1.87. The number of nitrogens with zero attached hydrogens (tertiary/aromatic N) is 2. The van der Waals surface area contributed by atoms with Crippen LogP contribution in [0.25, 0.3) is 0 Å². The van der Waals surface area contributed by atoms with E-state index in [1.54, 1.807) is 0 Å². The second-order valence-corrected chi connectivity index (χ2v) is 4.87. The van der Waals surface area contributed by atoms with Crippen LogP contribution in [0, 0.1) is 0 Å². The lowest BCUT2D eigenvalue weighted by Gasteiger charge is -2.07. The maximum absolute atomic E-state index is 5.66. The van der Waals surface area contributed by atoms with Crippen LogP contribution < -0.4 is 5.32 Å². The number of aryl methyl sites for hydroxylation is 1. The summed E-state index contributed by atoms with van der Waals surface area (Å²) in [7, 11) is 0. The predicted octanol–water partition coefficient (Wildman–Crippen LogP) is 3.64. The third-order valence-electron chi connectivity index (χ3n) is 3.05. The minimum Gasteiger partial charge on any atom is -0.424 e. The zero-order valence-corrected chi connectivity index (χ0v) is 12.0. The van der Waals surface area contributed by atoms with Gasteiger partial charge in [-0.15, -0.1) is 10.2 Å². The molecule has 0 aromatic carbocycles. The Balaban J connectivity index is 2.25. The van der Waals surface area contributed by atoms with Crippen LogP contribution in [-0.4, -0.2) is 16.7 Å².